The van der Waals surface area contributed by atoms with Crippen LogP contribution >= 0.6 is 0 Å². The quantitative estimate of drug-likeness (QED) is 0.754. The lowest BCUT2D eigenvalue weighted by molar-refractivity contribution is -0.132. The number of ether oxygens (including phenoxy) is 2. The van der Waals surface area contributed by atoms with Gasteiger partial charge >= 0.3 is 0 Å². The van der Waals surface area contributed by atoms with Crippen LogP contribution in [-0.2, 0) is 14.3 Å². The van der Waals surface area contributed by atoms with E-state index in [0.717, 1.165) is 32.3 Å². The van der Waals surface area contributed by atoms with E-state index in [4.69, 9.17) is 15.2 Å². The molecule has 5 heteroatoms. The van der Waals surface area contributed by atoms with Crippen molar-refractivity contribution < 1.29 is 14.3 Å². The second-order valence-electron chi connectivity index (χ2n) is 5.13. The molecule has 5 nitrogen and oxygen atoms in total. The summed E-state index contributed by atoms with van der Waals surface area (Å²) in [5, 5.41) is 2.93. The van der Waals surface area contributed by atoms with E-state index in [-0.39, 0.29) is 18.1 Å². The zero-order valence-electron chi connectivity index (χ0n) is 10.9. The third-order valence-corrected chi connectivity index (χ3v) is 3.70. The fraction of sp³-hybridized carbons (Fsp3) is 0.923. The average Bonchev–Trinajstić information content (AvgIpc) is 2.89. The third kappa shape index (κ3) is 3.93. The standard InChI is InChI=1S/C13H24N2O3/c14-9-11-4-5-12(18-11)13(16)15-7-6-10-3-1-2-8-17-10/h10-12H,1-9,14H2,(H,15,16). The van der Waals surface area contributed by atoms with Crippen LogP contribution < -0.4 is 11.1 Å². The number of hydrogen-bond donors (Lipinski definition) is 2. The number of carbonyl (C=O) groups is 1. The molecule has 0 aliphatic carbocycles. The minimum Gasteiger partial charge on any atom is -0.378 e. The van der Waals surface area contributed by atoms with Gasteiger partial charge in [0.25, 0.3) is 0 Å². The zero-order chi connectivity index (χ0) is 12.8. The van der Waals surface area contributed by atoms with Gasteiger partial charge in [-0.1, -0.05) is 0 Å². The van der Waals surface area contributed by atoms with Crippen molar-refractivity contribution in [2.45, 2.75) is 56.8 Å². The summed E-state index contributed by atoms with van der Waals surface area (Å²) in [6.45, 7) is 2.04. The highest BCUT2D eigenvalue weighted by Gasteiger charge is 2.29. The van der Waals surface area contributed by atoms with Gasteiger partial charge in [-0.05, 0) is 38.5 Å². The second-order valence-corrected chi connectivity index (χ2v) is 5.13. The van der Waals surface area contributed by atoms with E-state index in [1.807, 2.05) is 0 Å². The van der Waals surface area contributed by atoms with E-state index in [1.54, 1.807) is 0 Å². The average molecular weight is 256 g/mol. The van der Waals surface area contributed by atoms with Crippen molar-refractivity contribution in [3.8, 4) is 0 Å². The SMILES string of the molecule is NCC1CCC(C(=O)NCCC2CCCCO2)O1. The van der Waals surface area contributed by atoms with Crippen LogP contribution in [-0.4, -0.2) is 43.9 Å². The molecule has 2 fully saturated rings. The summed E-state index contributed by atoms with van der Waals surface area (Å²) in [5.41, 5.74) is 5.52. The van der Waals surface area contributed by atoms with Crippen molar-refractivity contribution in [1.82, 2.24) is 5.32 Å². The van der Waals surface area contributed by atoms with Crippen LogP contribution in [0.15, 0.2) is 0 Å². The Kier molecular flexibility index (Phi) is 5.41. The third-order valence-electron chi connectivity index (χ3n) is 3.70. The fourth-order valence-electron chi connectivity index (χ4n) is 2.58. The van der Waals surface area contributed by atoms with Crippen molar-refractivity contribution in [1.29, 1.82) is 0 Å². The number of nitrogens with one attached hydrogen (secondary N) is 1. The highest BCUT2D eigenvalue weighted by atomic mass is 16.5. The first-order chi connectivity index (χ1) is 8.79. The molecule has 2 rings (SSSR count). The van der Waals surface area contributed by atoms with Gasteiger partial charge in [-0.25, -0.2) is 0 Å². The Labute approximate surface area is 108 Å². The van der Waals surface area contributed by atoms with E-state index in [0.29, 0.717) is 19.2 Å². The summed E-state index contributed by atoms with van der Waals surface area (Å²) < 4.78 is 11.2. The maximum atomic E-state index is 11.8. The molecule has 3 unspecified atom stereocenters. The molecule has 0 radical (unpaired) electrons. The molecule has 1 amide bonds. The van der Waals surface area contributed by atoms with Gasteiger partial charge in [0.1, 0.15) is 6.10 Å². The van der Waals surface area contributed by atoms with Crippen LogP contribution in [0, 0.1) is 0 Å². The maximum absolute atomic E-state index is 11.8. The molecular formula is C13H24N2O3. The smallest absolute Gasteiger partial charge is 0.249 e. The Morgan fingerprint density at radius 1 is 1.22 bits per heavy atom. The molecule has 2 aliphatic heterocycles. The lowest BCUT2D eigenvalue weighted by atomic mass is 10.1. The molecule has 0 aromatic heterocycles. The van der Waals surface area contributed by atoms with E-state index in [1.165, 1.54) is 12.8 Å². The predicted molar refractivity (Wildman–Crippen MR) is 68.2 cm³/mol. The molecule has 2 aliphatic rings. The monoisotopic (exact) mass is 256 g/mol. The van der Waals surface area contributed by atoms with Crippen molar-refractivity contribution in [2.75, 3.05) is 19.7 Å². The van der Waals surface area contributed by atoms with Crippen LogP contribution in [0.1, 0.15) is 38.5 Å². The van der Waals surface area contributed by atoms with Crippen LogP contribution in [0.3, 0.4) is 0 Å². The molecular weight excluding hydrogens is 232 g/mol. The molecule has 0 spiro atoms. The van der Waals surface area contributed by atoms with Crippen molar-refractivity contribution in [3.63, 3.8) is 0 Å². The van der Waals surface area contributed by atoms with Gasteiger partial charge in [0.15, 0.2) is 0 Å². The molecule has 18 heavy (non-hydrogen) atoms. The highest BCUT2D eigenvalue weighted by molar-refractivity contribution is 5.80. The fourth-order valence-corrected chi connectivity index (χ4v) is 2.58. The molecule has 0 aromatic carbocycles. The predicted octanol–water partition coefficient (Wildman–Crippen LogP) is 0.568. The molecule has 104 valence electrons. The number of carbonyl (C=O) groups excluding carboxylic acids is 1. The number of hydrogen-bond acceptors (Lipinski definition) is 4. The van der Waals surface area contributed by atoms with Crippen LogP contribution in [0.5, 0.6) is 0 Å². The first-order valence-corrected chi connectivity index (χ1v) is 7.04. The van der Waals surface area contributed by atoms with E-state index < -0.39 is 0 Å². The van der Waals surface area contributed by atoms with E-state index in [2.05, 4.69) is 5.32 Å². The first-order valence-electron chi connectivity index (χ1n) is 7.04. The van der Waals surface area contributed by atoms with Gasteiger partial charge in [0.05, 0.1) is 12.2 Å². The summed E-state index contributed by atoms with van der Waals surface area (Å²) >= 11 is 0. The molecule has 2 saturated heterocycles. The molecule has 3 N–H and O–H groups in total. The van der Waals surface area contributed by atoms with Crippen molar-refractivity contribution >= 4 is 5.91 Å². The number of rotatable bonds is 5. The highest BCUT2D eigenvalue weighted by Crippen LogP contribution is 2.19. The van der Waals surface area contributed by atoms with E-state index >= 15 is 0 Å². The summed E-state index contributed by atoms with van der Waals surface area (Å²) in [5.74, 6) is 0.00163. The summed E-state index contributed by atoms with van der Waals surface area (Å²) in [6.07, 6.45) is 6.17. The lowest BCUT2D eigenvalue weighted by Crippen LogP contribution is -2.37. The van der Waals surface area contributed by atoms with Gasteiger partial charge < -0.3 is 20.5 Å². The molecule has 0 saturated carbocycles. The Morgan fingerprint density at radius 2 is 2.11 bits per heavy atom. The minimum atomic E-state index is -0.300. The molecule has 0 aromatic rings. The van der Waals surface area contributed by atoms with Crippen LogP contribution in [0.25, 0.3) is 0 Å². The van der Waals surface area contributed by atoms with Gasteiger partial charge in [-0.3, -0.25) is 4.79 Å². The largest absolute Gasteiger partial charge is 0.378 e. The molecule has 2 heterocycles. The van der Waals surface area contributed by atoms with Gasteiger partial charge in [-0.15, -0.1) is 0 Å². The number of amides is 1. The normalized spacial score (nSPS) is 32.4. The Morgan fingerprint density at radius 3 is 2.78 bits per heavy atom. The first kappa shape index (κ1) is 13.8. The van der Waals surface area contributed by atoms with Crippen LogP contribution in [0.4, 0.5) is 0 Å². The second kappa shape index (κ2) is 7.07. The van der Waals surface area contributed by atoms with Gasteiger partial charge in [-0.2, -0.15) is 0 Å². The number of nitrogens with two attached hydrogens (primary N) is 1. The summed E-state index contributed by atoms with van der Waals surface area (Å²) in [4.78, 5) is 11.8. The van der Waals surface area contributed by atoms with Gasteiger partial charge in [0, 0.05) is 19.7 Å². The van der Waals surface area contributed by atoms with Crippen molar-refractivity contribution in [3.05, 3.63) is 0 Å². The van der Waals surface area contributed by atoms with Crippen molar-refractivity contribution in [2.24, 2.45) is 5.73 Å². The molecule has 0 bridgehead atoms. The zero-order valence-corrected chi connectivity index (χ0v) is 10.9. The molecule has 3 atom stereocenters. The van der Waals surface area contributed by atoms with Gasteiger partial charge in [0.2, 0.25) is 5.91 Å². The Bertz CT molecular complexity index is 267. The lowest BCUT2D eigenvalue weighted by Gasteiger charge is -2.22. The topological polar surface area (TPSA) is 73.6 Å². The van der Waals surface area contributed by atoms with E-state index in [9.17, 15) is 4.79 Å². The maximum Gasteiger partial charge on any atom is 0.249 e. The van der Waals surface area contributed by atoms with Crippen LogP contribution in [0.2, 0.25) is 0 Å². The Hall–Kier alpha value is -0.650. The minimum absolute atomic E-state index is 0.00163. The Balaban J connectivity index is 1.60. The summed E-state index contributed by atoms with van der Waals surface area (Å²) in [7, 11) is 0. The summed E-state index contributed by atoms with van der Waals surface area (Å²) in [6, 6.07) is 0.